The van der Waals surface area contributed by atoms with Crippen molar-refractivity contribution in [2.24, 2.45) is 0 Å². The van der Waals surface area contributed by atoms with Crippen molar-refractivity contribution in [2.45, 2.75) is 51.2 Å². The third-order valence-corrected chi connectivity index (χ3v) is 3.94. The number of morpholine rings is 1. The number of amides is 1. The van der Waals surface area contributed by atoms with E-state index in [0.717, 1.165) is 39.1 Å². The number of rotatable bonds is 2. The summed E-state index contributed by atoms with van der Waals surface area (Å²) in [7, 11) is 0. The molecule has 2 fully saturated rings. The third kappa shape index (κ3) is 2.78. The second-order valence-corrected chi connectivity index (χ2v) is 6.25. The van der Waals surface area contributed by atoms with Gasteiger partial charge >= 0.3 is 6.09 Å². The Labute approximate surface area is 109 Å². The van der Waals surface area contributed by atoms with Gasteiger partial charge in [0.2, 0.25) is 0 Å². The molecule has 0 atom stereocenters. The van der Waals surface area contributed by atoms with Gasteiger partial charge in [0.25, 0.3) is 0 Å². The van der Waals surface area contributed by atoms with Crippen molar-refractivity contribution < 1.29 is 14.6 Å². The zero-order chi connectivity index (χ0) is 13.3. The normalized spacial score (nSPS) is 29.7. The van der Waals surface area contributed by atoms with E-state index in [-0.39, 0.29) is 11.6 Å². The molecular formula is C13H24N2O3. The lowest BCUT2D eigenvalue weighted by Gasteiger charge is -2.51. The van der Waals surface area contributed by atoms with Crippen molar-refractivity contribution in [1.29, 1.82) is 0 Å². The van der Waals surface area contributed by atoms with Gasteiger partial charge in [0.15, 0.2) is 0 Å². The summed E-state index contributed by atoms with van der Waals surface area (Å²) in [6.07, 6.45) is 1.13. The maximum absolute atomic E-state index is 11.4. The molecule has 1 aliphatic carbocycles. The van der Waals surface area contributed by atoms with Gasteiger partial charge in [-0.05, 0) is 33.6 Å². The fraction of sp³-hybridized carbons (Fsp3) is 0.923. The van der Waals surface area contributed by atoms with E-state index in [1.807, 2.05) is 20.8 Å². The van der Waals surface area contributed by atoms with Crippen molar-refractivity contribution in [3.63, 3.8) is 0 Å². The predicted octanol–water partition coefficient (Wildman–Crippen LogP) is 1.63. The largest absolute Gasteiger partial charge is 0.465 e. The molecule has 104 valence electrons. The Bertz CT molecular complexity index is 302. The van der Waals surface area contributed by atoms with E-state index in [1.165, 1.54) is 0 Å². The van der Waals surface area contributed by atoms with Crippen molar-refractivity contribution in [3.05, 3.63) is 0 Å². The fourth-order valence-corrected chi connectivity index (χ4v) is 3.00. The topological polar surface area (TPSA) is 53.0 Å². The second kappa shape index (κ2) is 5.05. The Hall–Kier alpha value is -0.810. The van der Waals surface area contributed by atoms with Gasteiger partial charge in [-0.1, -0.05) is 0 Å². The molecule has 1 aliphatic heterocycles. The van der Waals surface area contributed by atoms with E-state index >= 15 is 0 Å². The Kier molecular flexibility index (Phi) is 3.82. The van der Waals surface area contributed by atoms with Crippen LogP contribution in [0, 0.1) is 0 Å². The van der Waals surface area contributed by atoms with Gasteiger partial charge < -0.3 is 14.7 Å². The highest BCUT2D eigenvalue weighted by Crippen LogP contribution is 2.34. The lowest BCUT2D eigenvalue weighted by molar-refractivity contribution is -0.0419. The van der Waals surface area contributed by atoms with E-state index in [9.17, 15) is 9.90 Å². The lowest BCUT2D eigenvalue weighted by Crippen LogP contribution is -2.61. The molecule has 1 amide bonds. The van der Waals surface area contributed by atoms with E-state index in [2.05, 4.69) is 4.90 Å². The first kappa shape index (κ1) is 13.6. The monoisotopic (exact) mass is 256 g/mol. The van der Waals surface area contributed by atoms with E-state index < -0.39 is 6.09 Å². The first-order valence-corrected chi connectivity index (χ1v) is 6.73. The minimum Gasteiger partial charge on any atom is -0.465 e. The maximum atomic E-state index is 11.4. The molecule has 2 rings (SSSR count). The molecule has 18 heavy (non-hydrogen) atoms. The van der Waals surface area contributed by atoms with Crippen LogP contribution in [0.3, 0.4) is 0 Å². The summed E-state index contributed by atoms with van der Waals surface area (Å²) in [6.45, 7) is 9.47. The van der Waals surface area contributed by atoms with E-state index in [1.54, 1.807) is 4.90 Å². The molecule has 2 aliphatic rings. The molecule has 0 aromatic carbocycles. The molecule has 5 heteroatoms. The Morgan fingerprint density at radius 2 is 1.83 bits per heavy atom. The highest BCUT2D eigenvalue weighted by Gasteiger charge is 2.43. The average Bonchev–Trinajstić information content (AvgIpc) is 2.21. The molecule has 1 N–H and O–H groups in total. The SMILES string of the molecule is CC(C)(C)N(C(=O)O)[C@H]1C[C@@H](N2CCOCC2)C1. The highest BCUT2D eigenvalue weighted by atomic mass is 16.5. The summed E-state index contributed by atoms with van der Waals surface area (Å²) in [4.78, 5) is 15.4. The summed E-state index contributed by atoms with van der Waals surface area (Å²) in [5.74, 6) is 0. The van der Waals surface area contributed by atoms with Crippen LogP contribution in [0.4, 0.5) is 4.79 Å². The summed E-state index contributed by atoms with van der Waals surface area (Å²) < 4.78 is 5.34. The maximum Gasteiger partial charge on any atom is 0.407 e. The first-order valence-electron chi connectivity index (χ1n) is 6.73. The van der Waals surface area contributed by atoms with Gasteiger partial charge in [0, 0.05) is 30.7 Å². The van der Waals surface area contributed by atoms with Gasteiger partial charge in [0.1, 0.15) is 0 Å². The van der Waals surface area contributed by atoms with Crippen LogP contribution >= 0.6 is 0 Å². The third-order valence-electron chi connectivity index (χ3n) is 3.94. The number of nitrogens with zero attached hydrogens (tertiary/aromatic N) is 2. The molecule has 0 spiro atoms. The second-order valence-electron chi connectivity index (χ2n) is 6.25. The number of ether oxygens (including phenoxy) is 1. The summed E-state index contributed by atoms with van der Waals surface area (Å²) in [5.41, 5.74) is -0.313. The first-order chi connectivity index (χ1) is 8.39. The van der Waals surface area contributed by atoms with Crippen molar-refractivity contribution in [3.8, 4) is 0 Å². The number of hydrogen-bond donors (Lipinski definition) is 1. The quantitative estimate of drug-likeness (QED) is 0.816. The Morgan fingerprint density at radius 3 is 2.28 bits per heavy atom. The molecule has 0 unspecified atom stereocenters. The molecule has 1 saturated heterocycles. The van der Waals surface area contributed by atoms with Crippen LogP contribution in [0.2, 0.25) is 0 Å². The summed E-state index contributed by atoms with van der Waals surface area (Å²) in [6, 6.07) is 0.721. The molecule has 1 saturated carbocycles. The van der Waals surface area contributed by atoms with Gasteiger partial charge in [0.05, 0.1) is 13.2 Å². The minimum absolute atomic E-state index is 0.176. The van der Waals surface area contributed by atoms with E-state index in [0.29, 0.717) is 6.04 Å². The molecule has 0 aromatic heterocycles. The lowest BCUT2D eigenvalue weighted by atomic mass is 9.82. The standard InChI is InChI=1S/C13H24N2O3/c1-13(2,3)15(12(16)17)11-8-10(9-11)14-4-6-18-7-5-14/h10-11H,4-9H2,1-3H3,(H,16,17)/t10-,11+. The van der Waals surface area contributed by atoms with Gasteiger partial charge in [-0.15, -0.1) is 0 Å². The predicted molar refractivity (Wildman–Crippen MR) is 68.8 cm³/mol. The Morgan fingerprint density at radius 1 is 1.28 bits per heavy atom. The van der Waals surface area contributed by atoms with Crippen molar-refractivity contribution in [2.75, 3.05) is 26.3 Å². The van der Waals surface area contributed by atoms with Crippen molar-refractivity contribution in [1.82, 2.24) is 9.80 Å². The van der Waals surface area contributed by atoms with Crippen molar-refractivity contribution >= 4 is 6.09 Å². The van der Waals surface area contributed by atoms with Crippen LogP contribution in [-0.4, -0.2) is 64.9 Å². The molecule has 0 aromatic rings. The molecule has 5 nitrogen and oxygen atoms in total. The Balaban J connectivity index is 1.88. The smallest absolute Gasteiger partial charge is 0.407 e. The van der Waals surface area contributed by atoms with Crippen LogP contribution in [0.5, 0.6) is 0 Å². The zero-order valence-electron chi connectivity index (χ0n) is 11.6. The molecular weight excluding hydrogens is 232 g/mol. The van der Waals surface area contributed by atoms with Crippen LogP contribution in [0.1, 0.15) is 33.6 Å². The van der Waals surface area contributed by atoms with Gasteiger partial charge in [-0.25, -0.2) is 4.79 Å². The van der Waals surface area contributed by atoms with Crippen LogP contribution in [0.25, 0.3) is 0 Å². The molecule has 1 heterocycles. The molecule has 0 bridgehead atoms. The zero-order valence-corrected chi connectivity index (χ0v) is 11.6. The van der Waals surface area contributed by atoms with Crippen LogP contribution < -0.4 is 0 Å². The average molecular weight is 256 g/mol. The fourth-order valence-electron chi connectivity index (χ4n) is 3.00. The van der Waals surface area contributed by atoms with Gasteiger partial charge in [-0.2, -0.15) is 0 Å². The van der Waals surface area contributed by atoms with Gasteiger partial charge in [-0.3, -0.25) is 4.90 Å². The summed E-state index contributed by atoms with van der Waals surface area (Å²) >= 11 is 0. The number of carbonyl (C=O) groups is 1. The highest BCUT2D eigenvalue weighted by molar-refractivity contribution is 5.66. The van der Waals surface area contributed by atoms with Crippen LogP contribution in [0.15, 0.2) is 0 Å². The number of hydrogen-bond acceptors (Lipinski definition) is 3. The van der Waals surface area contributed by atoms with Crippen LogP contribution in [-0.2, 0) is 4.74 Å². The number of carboxylic acid groups (broad SMARTS) is 1. The summed E-state index contributed by atoms with van der Waals surface area (Å²) in [5, 5.41) is 9.33. The van der Waals surface area contributed by atoms with E-state index in [4.69, 9.17) is 4.74 Å². The molecule has 0 radical (unpaired) electrons. The minimum atomic E-state index is -0.798.